The smallest absolute Gasteiger partial charge is 0.193 e. The molecule has 0 amide bonds. The quantitative estimate of drug-likeness (QED) is 0.329. The van der Waals surface area contributed by atoms with E-state index >= 15 is 0 Å². The molecule has 0 aromatic heterocycles. The molecular formula is C23H36IN3O3. The van der Waals surface area contributed by atoms with Crippen LogP contribution in [-0.4, -0.2) is 62.5 Å². The minimum atomic E-state index is 0. The van der Waals surface area contributed by atoms with Gasteiger partial charge in [0.15, 0.2) is 5.96 Å². The number of hydrogen-bond acceptors (Lipinski definition) is 4. The van der Waals surface area contributed by atoms with Crippen molar-refractivity contribution >= 4 is 29.9 Å². The van der Waals surface area contributed by atoms with Crippen LogP contribution < -0.4 is 10.1 Å². The summed E-state index contributed by atoms with van der Waals surface area (Å²) in [6.07, 6.45) is 9.05. The van der Waals surface area contributed by atoms with Crippen molar-refractivity contribution in [2.45, 2.75) is 69.8 Å². The molecule has 0 spiro atoms. The lowest BCUT2D eigenvalue weighted by Gasteiger charge is -2.34. The number of likely N-dealkylation sites (tertiary alicyclic amines) is 1. The molecular weight excluding hydrogens is 493 g/mol. The minimum Gasteiger partial charge on any atom is -0.490 e. The van der Waals surface area contributed by atoms with Crippen LogP contribution in [-0.2, 0) is 16.0 Å². The Morgan fingerprint density at radius 3 is 2.57 bits per heavy atom. The monoisotopic (exact) mass is 529 g/mol. The lowest BCUT2D eigenvalue weighted by molar-refractivity contribution is -0.0367. The van der Waals surface area contributed by atoms with Gasteiger partial charge in [-0.05, 0) is 51.0 Å². The third-order valence-electron chi connectivity index (χ3n) is 6.25. The fourth-order valence-corrected chi connectivity index (χ4v) is 4.19. The van der Waals surface area contributed by atoms with Crippen LogP contribution in [0.3, 0.4) is 0 Å². The normalized spacial score (nSPS) is 23.0. The summed E-state index contributed by atoms with van der Waals surface area (Å²) >= 11 is 0. The summed E-state index contributed by atoms with van der Waals surface area (Å²) in [6.45, 7) is 4.30. The molecule has 3 aliphatic rings. The largest absolute Gasteiger partial charge is 0.490 e. The second-order valence-corrected chi connectivity index (χ2v) is 8.33. The highest BCUT2D eigenvalue weighted by Crippen LogP contribution is 2.27. The van der Waals surface area contributed by atoms with Gasteiger partial charge < -0.3 is 24.4 Å². The van der Waals surface area contributed by atoms with Gasteiger partial charge in [-0.3, -0.25) is 4.99 Å². The highest BCUT2D eigenvalue weighted by atomic mass is 127. The van der Waals surface area contributed by atoms with E-state index in [-0.39, 0.29) is 24.0 Å². The number of piperidine rings is 1. The highest BCUT2D eigenvalue weighted by Gasteiger charge is 2.24. The fourth-order valence-electron chi connectivity index (χ4n) is 4.19. The number of halogens is 1. The van der Waals surface area contributed by atoms with Gasteiger partial charge in [0, 0.05) is 38.9 Å². The van der Waals surface area contributed by atoms with E-state index in [1.807, 2.05) is 13.1 Å². The maximum Gasteiger partial charge on any atom is 0.193 e. The first-order chi connectivity index (χ1) is 14.3. The summed E-state index contributed by atoms with van der Waals surface area (Å²) in [4.78, 5) is 6.84. The molecule has 0 bridgehead atoms. The molecule has 168 valence electrons. The molecule has 1 unspecified atom stereocenters. The number of guanidine groups is 1. The van der Waals surface area contributed by atoms with E-state index in [1.165, 1.54) is 31.2 Å². The van der Waals surface area contributed by atoms with Crippen molar-refractivity contribution in [3.63, 3.8) is 0 Å². The predicted molar refractivity (Wildman–Crippen MR) is 130 cm³/mol. The molecule has 0 radical (unpaired) electrons. The lowest BCUT2D eigenvalue weighted by atomic mass is 9.96. The van der Waals surface area contributed by atoms with Crippen molar-refractivity contribution in [1.29, 1.82) is 0 Å². The summed E-state index contributed by atoms with van der Waals surface area (Å²) in [5.74, 6) is 1.96. The average molecular weight is 529 g/mol. The Kier molecular flexibility index (Phi) is 9.52. The summed E-state index contributed by atoms with van der Waals surface area (Å²) in [5, 5.41) is 3.53. The van der Waals surface area contributed by atoms with Crippen LogP contribution in [0.5, 0.6) is 5.75 Å². The Hall–Kier alpha value is -1.06. The van der Waals surface area contributed by atoms with Crippen molar-refractivity contribution in [2.75, 3.05) is 33.4 Å². The Morgan fingerprint density at radius 1 is 1.10 bits per heavy atom. The second kappa shape index (κ2) is 12.1. The van der Waals surface area contributed by atoms with Crippen LogP contribution in [0.4, 0.5) is 0 Å². The first-order valence-corrected chi connectivity index (χ1v) is 11.2. The van der Waals surface area contributed by atoms with Crippen LogP contribution in [0.1, 0.15) is 50.5 Å². The molecule has 1 aliphatic carbocycles. The molecule has 2 saturated heterocycles. The number of benzene rings is 1. The summed E-state index contributed by atoms with van der Waals surface area (Å²) in [6, 6.07) is 8.34. The molecule has 1 N–H and O–H groups in total. The summed E-state index contributed by atoms with van der Waals surface area (Å²) in [5.41, 5.74) is 1.19. The number of para-hydroxylation sites is 1. The molecule has 1 aromatic carbocycles. The van der Waals surface area contributed by atoms with Crippen LogP contribution in [0.15, 0.2) is 29.3 Å². The molecule has 6 nitrogen and oxygen atoms in total. The van der Waals surface area contributed by atoms with Crippen molar-refractivity contribution in [2.24, 2.45) is 4.99 Å². The SMILES string of the molecule is CN=C(NCc1ccccc1OC1CCC1)N1CCC(OCC2CCCO2)CC1.I. The minimum absolute atomic E-state index is 0. The molecule has 2 heterocycles. The van der Waals surface area contributed by atoms with E-state index in [1.54, 1.807) is 0 Å². The zero-order valence-electron chi connectivity index (χ0n) is 18.1. The number of nitrogens with one attached hydrogen (secondary N) is 1. The Balaban J connectivity index is 0.00000256. The van der Waals surface area contributed by atoms with Gasteiger partial charge in [0.25, 0.3) is 0 Å². The van der Waals surface area contributed by atoms with E-state index in [2.05, 4.69) is 33.4 Å². The topological polar surface area (TPSA) is 55.3 Å². The van der Waals surface area contributed by atoms with Gasteiger partial charge >= 0.3 is 0 Å². The number of rotatable bonds is 7. The fraction of sp³-hybridized carbons (Fsp3) is 0.696. The molecule has 7 heteroatoms. The average Bonchev–Trinajstić information content (AvgIpc) is 3.25. The van der Waals surface area contributed by atoms with Gasteiger partial charge in [0.2, 0.25) is 0 Å². The number of hydrogen-bond donors (Lipinski definition) is 1. The van der Waals surface area contributed by atoms with Crippen LogP contribution in [0, 0.1) is 0 Å². The maximum atomic E-state index is 6.16. The highest BCUT2D eigenvalue weighted by molar-refractivity contribution is 14.0. The van der Waals surface area contributed by atoms with Gasteiger partial charge in [0.05, 0.1) is 24.9 Å². The zero-order chi connectivity index (χ0) is 19.9. The van der Waals surface area contributed by atoms with Crippen molar-refractivity contribution < 1.29 is 14.2 Å². The van der Waals surface area contributed by atoms with Gasteiger partial charge in [-0.2, -0.15) is 0 Å². The van der Waals surface area contributed by atoms with Crippen LogP contribution in [0.2, 0.25) is 0 Å². The van der Waals surface area contributed by atoms with E-state index in [9.17, 15) is 0 Å². The number of aliphatic imine (C=N–C) groups is 1. The first kappa shape index (κ1) is 23.6. The van der Waals surface area contributed by atoms with E-state index in [4.69, 9.17) is 14.2 Å². The van der Waals surface area contributed by atoms with Crippen LogP contribution in [0.25, 0.3) is 0 Å². The molecule has 2 aliphatic heterocycles. The predicted octanol–water partition coefficient (Wildman–Crippen LogP) is 3.97. The zero-order valence-corrected chi connectivity index (χ0v) is 20.4. The number of ether oxygens (including phenoxy) is 3. The van der Waals surface area contributed by atoms with Crippen LogP contribution >= 0.6 is 24.0 Å². The van der Waals surface area contributed by atoms with Crippen molar-refractivity contribution in [3.8, 4) is 5.75 Å². The van der Waals surface area contributed by atoms with Gasteiger partial charge in [-0.1, -0.05) is 18.2 Å². The maximum absolute atomic E-state index is 6.16. The van der Waals surface area contributed by atoms with E-state index < -0.39 is 0 Å². The van der Waals surface area contributed by atoms with E-state index in [0.29, 0.717) is 18.3 Å². The van der Waals surface area contributed by atoms with Gasteiger partial charge in [-0.25, -0.2) is 0 Å². The second-order valence-electron chi connectivity index (χ2n) is 8.33. The molecule has 4 rings (SSSR count). The summed E-state index contributed by atoms with van der Waals surface area (Å²) in [7, 11) is 1.86. The molecule has 30 heavy (non-hydrogen) atoms. The third kappa shape index (κ3) is 6.47. The lowest BCUT2D eigenvalue weighted by Crippen LogP contribution is -2.47. The standard InChI is InChI=1S/C23H35N3O3.HI/c1-24-23(25-16-18-6-2-3-10-22(18)29-20-7-4-8-20)26-13-11-19(12-14-26)28-17-21-9-5-15-27-21;/h2-3,6,10,19-21H,4-5,7-9,11-17H2,1H3,(H,24,25);1H. The molecule has 1 aromatic rings. The summed E-state index contributed by atoms with van der Waals surface area (Å²) < 4.78 is 17.9. The van der Waals surface area contributed by atoms with Gasteiger partial charge in [-0.15, -0.1) is 24.0 Å². The first-order valence-electron chi connectivity index (χ1n) is 11.2. The van der Waals surface area contributed by atoms with E-state index in [0.717, 1.165) is 63.8 Å². The molecule has 3 fully saturated rings. The Morgan fingerprint density at radius 2 is 1.90 bits per heavy atom. The molecule has 1 atom stereocenters. The Bertz CT molecular complexity index is 669. The van der Waals surface area contributed by atoms with Crippen molar-refractivity contribution in [1.82, 2.24) is 10.2 Å². The third-order valence-corrected chi connectivity index (χ3v) is 6.25. The number of nitrogens with zero attached hydrogens (tertiary/aromatic N) is 2. The molecule has 1 saturated carbocycles. The Labute approximate surface area is 197 Å². The van der Waals surface area contributed by atoms with Gasteiger partial charge in [0.1, 0.15) is 5.75 Å². The van der Waals surface area contributed by atoms with Crippen molar-refractivity contribution in [3.05, 3.63) is 29.8 Å².